The van der Waals surface area contributed by atoms with Gasteiger partial charge >= 0.3 is 0 Å². The van der Waals surface area contributed by atoms with Crippen LogP contribution in [-0.2, 0) is 6.54 Å². The highest BCUT2D eigenvalue weighted by Gasteiger charge is 2.42. The first-order valence-corrected chi connectivity index (χ1v) is 10.2. The van der Waals surface area contributed by atoms with Gasteiger partial charge in [0, 0.05) is 11.1 Å². The molecule has 1 fully saturated rings. The normalized spacial score (nSPS) is 18.5. The Morgan fingerprint density at radius 3 is 2.67 bits per heavy atom. The third kappa shape index (κ3) is 3.18. The van der Waals surface area contributed by atoms with Crippen molar-refractivity contribution in [1.29, 1.82) is 0 Å². The molecule has 0 atom stereocenters. The molecule has 2 aliphatic rings. The van der Waals surface area contributed by atoms with E-state index >= 15 is 0 Å². The Balaban J connectivity index is 1.51. The number of benzene rings is 2. The quantitative estimate of drug-likeness (QED) is 0.698. The van der Waals surface area contributed by atoms with Crippen molar-refractivity contribution in [3.63, 3.8) is 0 Å². The number of anilines is 1. The molecule has 1 aromatic heterocycles. The van der Waals surface area contributed by atoms with Crippen LogP contribution in [0.5, 0.6) is 0 Å². The second-order valence-electron chi connectivity index (χ2n) is 7.99. The van der Waals surface area contributed by atoms with Crippen molar-refractivity contribution >= 4 is 28.5 Å². The molecule has 0 bridgehead atoms. The molecule has 7 nitrogen and oxygen atoms in total. The van der Waals surface area contributed by atoms with Crippen LogP contribution in [0, 0.1) is 5.82 Å². The van der Waals surface area contributed by atoms with E-state index in [9.17, 15) is 4.39 Å². The molecule has 0 radical (unpaired) electrons. The Bertz CT molecular complexity index is 1160. The van der Waals surface area contributed by atoms with Gasteiger partial charge in [0.2, 0.25) is 11.9 Å². The molecule has 4 N–H and O–H groups in total. The van der Waals surface area contributed by atoms with Crippen LogP contribution in [0.1, 0.15) is 37.7 Å². The number of guanidine groups is 2. The highest BCUT2D eigenvalue weighted by atomic mass is 19.1. The smallest absolute Gasteiger partial charge is 0.220 e. The lowest BCUT2D eigenvalue weighted by Gasteiger charge is -2.45. The predicted octanol–water partition coefficient (Wildman–Crippen LogP) is 3.33. The largest absolute Gasteiger partial charge is 0.369 e. The summed E-state index contributed by atoms with van der Waals surface area (Å²) in [5, 5.41) is 5.49. The van der Waals surface area contributed by atoms with Gasteiger partial charge in [-0.3, -0.25) is 9.58 Å². The Morgan fingerprint density at radius 2 is 1.87 bits per heavy atom. The highest BCUT2D eigenvalue weighted by Crippen LogP contribution is 2.40. The van der Waals surface area contributed by atoms with E-state index in [1.165, 1.54) is 18.6 Å². The molecular formula is C22H24FN7. The van der Waals surface area contributed by atoms with Gasteiger partial charge in [-0.1, -0.05) is 18.6 Å². The fourth-order valence-corrected chi connectivity index (χ4v) is 4.64. The van der Waals surface area contributed by atoms with Crippen molar-refractivity contribution in [2.24, 2.45) is 21.5 Å². The molecule has 3 aromatic rings. The summed E-state index contributed by atoms with van der Waals surface area (Å²) >= 11 is 0. The number of fused-ring (bicyclic) bond motifs is 1. The van der Waals surface area contributed by atoms with Crippen molar-refractivity contribution in [3.05, 3.63) is 60.0 Å². The topological polar surface area (TPSA) is 97.8 Å². The van der Waals surface area contributed by atoms with Crippen LogP contribution < -0.4 is 16.4 Å². The Kier molecular flexibility index (Phi) is 4.42. The fourth-order valence-electron chi connectivity index (χ4n) is 4.64. The molecule has 1 aliphatic carbocycles. The molecule has 30 heavy (non-hydrogen) atoms. The highest BCUT2D eigenvalue weighted by molar-refractivity contribution is 6.06. The average Bonchev–Trinajstić information content (AvgIpc) is 3.10. The molecule has 1 aliphatic heterocycles. The van der Waals surface area contributed by atoms with Gasteiger partial charge in [-0.25, -0.2) is 9.38 Å². The number of hydrogen-bond acceptors (Lipinski definition) is 6. The zero-order valence-corrected chi connectivity index (χ0v) is 16.6. The minimum atomic E-state index is -0.473. The lowest BCUT2D eigenvalue weighted by molar-refractivity contribution is 0.305. The molecule has 1 saturated carbocycles. The second-order valence-corrected chi connectivity index (χ2v) is 7.99. The van der Waals surface area contributed by atoms with Gasteiger partial charge in [0.15, 0.2) is 0 Å². The maximum Gasteiger partial charge on any atom is 0.220 e. The van der Waals surface area contributed by atoms with Crippen molar-refractivity contribution in [2.75, 3.05) is 4.90 Å². The molecule has 8 heteroatoms. The number of rotatable bonds is 3. The lowest BCUT2D eigenvalue weighted by atomic mass is 9.87. The van der Waals surface area contributed by atoms with Crippen LogP contribution >= 0.6 is 0 Å². The van der Waals surface area contributed by atoms with Crippen molar-refractivity contribution in [3.8, 4) is 0 Å². The maximum atomic E-state index is 13.5. The molecule has 0 saturated heterocycles. The van der Waals surface area contributed by atoms with E-state index in [1.54, 1.807) is 6.07 Å². The molecule has 2 aromatic carbocycles. The zero-order valence-electron chi connectivity index (χ0n) is 16.6. The van der Waals surface area contributed by atoms with Gasteiger partial charge in [-0.2, -0.15) is 10.1 Å². The molecule has 0 amide bonds. The molecule has 2 heterocycles. The molecule has 1 spiro atoms. The van der Waals surface area contributed by atoms with Gasteiger partial charge in [0.05, 0.1) is 18.3 Å². The number of aromatic nitrogens is 2. The van der Waals surface area contributed by atoms with Crippen LogP contribution in [0.2, 0.25) is 0 Å². The van der Waals surface area contributed by atoms with Crippen LogP contribution in [0.3, 0.4) is 0 Å². The predicted molar refractivity (Wildman–Crippen MR) is 117 cm³/mol. The maximum absolute atomic E-state index is 13.5. The molecule has 5 rings (SSSR count). The number of nitrogens with two attached hydrogens (primary N) is 2. The molecular weight excluding hydrogens is 381 g/mol. The first-order chi connectivity index (χ1) is 14.5. The average molecular weight is 405 g/mol. The number of aliphatic imine (C=N–C) groups is 2. The second kappa shape index (κ2) is 7.12. The molecule has 0 unspecified atom stereocenters. The fraction of sp³-hybridized carbons (Fsp3) is 0.318. The molecule has 154 valence electrons. The van der Waals surface area contributed by atoms with E-state index in [0.29, 0.717) is 12.5 Å². The van der Waals surface area contributed by atoms with Gasteiger partial charge in [0.1, 0.15) is 11.5 Å². The van der Waals surface area contributed by atoms with Crippen molar-refractivity contribution < 1.29 is 4.39 Å². The SMILES string of the molecule is NC1=NC2(CCCCC2)N(c2ccc3c(cnn3Cc3cccc(F)c3)c2)C(N)=N1. The van der Waals surface area contributed by atoms with E-state index in [4.69, 9.17) is 16.5 Å². The monoisotopic (exact) mass is 405 g/mol. The summed E-state index contributed by atoms with van der Waals surface area (Å²) in [6, 6.07) is 12.7. The minimum Gasteiger partial charge on any atom is -0.369 e. The zero-order chi connectivity index (χ0) is 20.7. The van der Waals surface area contributed by atoms with Crippen molar-refractivity contribution in [1.82, 2.24) is 9.78 Å². The third-order valence-corrected chi connectivity index (χ3v) is 5.96. The van der Waals surface area contributed by atoms with Crippen LogP contribution in [0.25, 0.3) is 10.9 Å². The first kappa shape index (κ1) is 18.6. The minimum absolute atomic E-state index is 0.245. The third-order valence-electron chi connectivity index (χ3n) is 5.96. The summed E-state index contributed by atoms with van der Waals surface area (Å²) in [6.45, 7) is 0.499. The van der Waals surface area contributed by atoms with E-state index < -0.39 is 5.66 Å². The number of nitrogens with zero attached hydrogens (tertiary/aromatic N) is 5. The summed E-state index contributed by atoms with van der Waals surface area (Å²) in [4.78, 5) is 11.0. The number of halogens is 1. The van der Waals surface area contributed by atoms with Crippen LogP contribution in [0.15, 0.2) is 58.6 Å². The van der Waals surface area contributed by atoms with E-state index in [0.717, 1.165) is 47.8 Å². The van der Waals surface area contributed by atoms with Crippen molar-refractivity contribution in [2.45, 2.75) is 44.3 Å². The summed E-state index contributed by atoms with van der Waals surface area (Å²) in [7, 11) is 0. The number of hydrogen-bond donors (Lipinski definition) is 2. The van der Waals surface area contributed by atoms with Gasteiger partial charge in [0.25, 0.3) is 0 Å². The Hall–Kier alpha value is -3.42. The van der Waals surface area contributed by atoms with E-state index in [-0.39, 0.29) is 11.8 Å². The van der Waals surface area contributed by atoms with Crippen LogP contribution in [-0.4, -0.2) is 27.4 Å². The Morgan fingerprint density at radius 1 is 1.03 bits per heavy atom. The first-order valence-electron chi connectivity index (χ1n) is 10.2. The summed E-state index contributed by atoms with van der Waals surface area (Å²) < 4.78 is 15.4. The standard InChI is InChI=1S/C22H24FN7/c23-17-6-4-5-15(11-17)14-29-19-8-7-18(12-16(19)13-26-29)30-21(25)27-20(24)28-22(30)9-2-1-3-10-22/h4-8,11-13H,1-3,9-10,14H2,(H4,24,25,27,28). The van der Waals surface area contributed by atoms with Gasteiger partial charge < -0.3 is 11.5 Å². The van der Waals surface area contributed by atoms with Gasteiger partial charge in [-0.15, -0.1) is 0 Å². The van der Waals surface area contributed by atoms with Gasteiger partial charge in [-0.05, 0) is 61.6 Å². The summed E-state index contributed by atoms with van der Waals surface area (Å²) in [5.74, 6) is 0.370. The summed E-state index contributed by atoms with van der Waals surface area (Å²) in [5.41, 5.74) is 14.6. The van der Waals surface area contributed by atoms with E-state index in [2.05, 4.69) is 16.2 Å². The van der Waals surface area contributed by atoms with E-state index in [1.807, 2.05) is 34.0 Å². The van der Waals surface area contributed by atoms with Crippen LogP contribution in [0.4, 0.5) is 10.1 Å². The summed E-state index contributed by atoms with van der Waals surface area (Å²) in [6.07, 6.45) is 6.94. The lowest BCUT2D eigenvalue weighted by Crippen LogP contribution is -2.58. The Labute approximate surface area is 173 Å².